The molecule has 0 aliphatic carbocycles. The number of rotatable bonds is 3. The fourth-order valence-corrected chi connectivity index (χ4v) is 2.41. The first kappa shape index (κ1) is 13.2. The van der Waals surface area contributed by atoms with Crippen LogP contribution in [0.3, 0.4) is 0 Å². The minimum atomic E-state index is -0.593. The molecule has 0 bridgehead atoms. The zero-order valence-corrected chi connectivity index (χ0v) is 11.6. The van der Waals surface area contributed by atoms with Crippen LogP contribution in [0.2, 0.25) is 0 Å². The van der Waals surface area contributed by atoms with Gasteiger partial charge in [-0.15, -0.1) is 0 Å². The molecule has 3 heteroatoms. The highest BCUT2D eigenvalue weighted by Crippen LogP contribution is 2.28. The Hall–Kier alpha value is -1.19. The van der Waals surface area contributed by atoms with E-state index in [0.29, 0.717) is 6.42 Å². The van der Waals surface area contributed by atoms with Crippen molar-refractivity contribution in [3.05, 3.63) is 69.4 Å². The highest BCUT2D eigenvalue weighted by molar-refractivity contribution is 9.10. The van der Waals surface area contributed by atoms with Gasteiger partial charge in [0.2, 0.25) is 0 Å². The molecule has 0 saturated carbocycles. The average Bonchev–Trinajstić information content (AvgIpc) is 2.35. The molecule has 0 heterocycles. The molecule has 2 aromatic carbocycles. The Morgan fingerprint density at radius 1 is 1.17 bits per heavy atom. The van der Waals surface area contributed by atoms with Crippen LogP contribution in [0.1, 0.15) is 22.8 Å². The highest BCUT2D eigenvalue weighted by atomic mass is 79.9. The van der Waals surface area contributed by atoms with Crippen molar-refractivity contribution in [2.24, 2.45) is 0 Å². The van der Waals surface area contributed by atoms with Crippen molar-refractivity contribution in [3.63, 3.8) is 0 Å². The molecule has 1 N–H and O–H groups in total. The summed E-state index contributed by atoms with van der Waals surface area (Å²) in [5.74, 6) is -0.259. The maximum absolute atomic E-state index is 12.8. The third-order valence-corrected chi connectivity index (χ3v) is 4.01. The first-order chi connectivity index (χ1) is 8.58. The molecule has 1 nitrogen and oxygen atoms in total. The van der Waals surface area contributed by atoms with Gasteiger partial charge >= 0.3 is 0 Å². The van der Waals surface area contributed by atoms with Gasteiger partial charge in [0, 0.05) is 10.9 Å². The van der Waals surface area contributed by atoms with Crippen molar-refractivity contribution < 1.29 is 9.50 Å². The Morgan fingerprint density at radius 3 is 2.50 bits per heavy atom. The standard InChI is InChI=1S/C15H14BrFO/c1-10-3-2-4-13(15(10)16)14(18)9-11-5-7-12(17)8-6-11/h2-8,14,18H,9H2,1H3. The molecule has 94 valence electrons. The molecule has 0 saturated heterocycles. The quantitative estimate of drug-likeness (QED) is 0.902. The summed E-state index contributed by atoms with van der Waals surface area (Å²) in [6, 6.07) is 12.0. The molecule has 0 amide bonds. The fourth-order valence-electron chi connectivity index (χ4n) is 1.88. The Morgan fingerprint density at radius 2 is 1.83 bits per heavy atom. The van der Waals surface area contributed by atoms with E-state index in [1.165, 1.54) is 12.1 Å². The summed E-state index contributed by atoms with van der Waals surface area (Å²) in [7, 11) is 0. The van der Waals surface area contributed by atoms with E-state index in [1.807, 2.05) is 25.1 Å². The van der Waals surface area contributed by atoms with Crippen LogP contribution in [0.5, 0.6) is 0 Å². The predicted molar refractivity (Wildman–Crippen MR) is 73.9 cm³/mol. The maximum Gasteiger partial charge on any atom is 0.123 e. The topological polar surface area (TPSA) is 20.2 Å². The number of aliphatic hydroxyl groups excluding tert-OH is 1. The number of hydrogen-bond donors (Lipinski definition) is 1. The van der Waals surface area contributed by atoms with Crippen LogP contribution in [0.15, 0.2) is 46.9 Å². The molecule has 2 aromatic rings. The molecule has 0 aromatic heterocycles. The van der Waals surface area contributed by atoms with E-state index >= 15 is 0 Å². The Balaban J connectivity index is 2.19. The van der Waals surface area contributed by atoms with Gasteiger partial charge in [0.15, 0.2) is 0 Å². The predicted octanol–water partition coefficient (Wildman–Crippen LogP) is 4.17. The molecule has 0 aliphatic rings. The lowest BCUT2D eigenvalue weighted by molar-refractivity contribution is 0.177. The highest BCUT2D eigenvalue weighted by Gasteiger charge is 2.13. The van der Waals surface area contributed by atoms with Gasteiger partial charge in [0.05, 0.1) is 6.10 Å². The van der Waals surface area contributed by atoms with Crippen LogP contribution in [0, 0.1) is 12.7 Å². The molecule has 0 aliphatic heterocycles. The Kier molecular flexibility index (Phi) is 4.15. The van der Waals surface area contributed by atoms with Gasteiger partial charge in [0.25, 0.3) is 0 Å². The van der Waals surface area contributed by atoms with Crippen molar-refractivity contribution >= 4 is 15.9 Å². The molecule has 0 spiro atoms. The number of halogens is 2. The molecule has 0 radical (unpaired) electrons. The van der Waals surface area contributed by atoms with Gasteiger partial charge in [-0.3, -0.25) is 0 Å². The van der Waals surface area contributed by atoms with Gasteiger partial charge in [-0.05, 0) is 35.7 Å². The van der Waals surface area contributed by atoms with E-state index < -0.39 is 6.10 Å². The molecule has 2 rings (SSSR count). The summed E-state index contributed by atoms with van der Waals surface area (Å²) in [4.78, 5) is 0. The van der Waals surface area contributed by atoms with Crippen LogP contribution < -0.4 is 0 Å². The van der Waals surface area contributed by atoms with Gasteiger partial charge in [-0.2, -0.15) is 0 Å². The Labute approximate surface area is 114 Å². The van der Waals surface area contributed by atoms with E-state index in [-0.39, 0.29) is 5.82 Å². The number of aliphatic hydroxyl groups is 1. The largest absolute Gasteiger partial charge is 0.388 e. The van der Waals surface area contributed by atoms with E-state index in [9.17, 15) is 9.50 Å². The average molecular weight is 309 g/mol. The third kappa shape index (κ3) is 2.98. The summed E-state index contributed by atoms with van der Waals surface area (Å²) >= 11 is 3.49. The second kappa shape index (κ2) is 5.63. The minimum absolute atomic E-state index is 0.259. The summed E-state index contributed by atoms with van der Waals surface area (Å²) in [6.07, 6.45) is -0.118. The van der Waals surface area contributed by atoms with E-state index in [0.717, 1.165) is 21.2 Å². The van der Waals surface area contributed by atoms with Crippen LogP contribution in [0.25, 0.3) is 0 Å². The van der Waals surface area contributed by atoms with Gasteiger partial charge in [-0.1, -0.05) is 46.3 Å². The summed E-state index contributed by atoms with van der Waals surface area (Å²) in [5, 5.41) is 10.2. The first-order valence-corrected chi connectivity index (χ1v) is 6.55. The zero-order chi connectivity index (χ0) is 13.1. The Bertz CT molecular complexity index is 537. The minimum Gasteiger partial charge on any atom is -0.388 e. The zero-order valence-electron chi connectivity index (χ0n) is 10.0. The first-order valence-electron chi connectivity index (χ1n) is 5.75. The third-order valence-electron chi connectivity index (χ3n) is 2.92. The molecule has 1 unspecified atom stereocenters. The second-order valence-corrected chi connectivity index (χ2v) is 5.12. The smallest absolute Gasteiger partial charge is 0.123 e. The number of hydrogen-bond acceptors (Lipinski definition) is 1. The molecule has 0 fully saturated rings. The van der Waals surface area contributed by atoms with Crippen molar-refractivity contribution in [2.45, 2.75) is 19.4 Å². The van der Waals surface area contributed by atoms with E-state index in [2.05, 4.69) is 15.9 Å². The van der Waals surface area contributed by atoms with Gasteiger partial charge in [-0.25, -0.2) is 4.39 Å². The van der Waals surface area contributed by atoms with Crippen molar-refractivity contribution in [1.29, 1.82) is 0 Å². The van der Waals surface area contributed by atoms with Gasteiger partial charge < -0.3 is 5.11 Å². The SMILES string of the molecule is Cc1cccc(C(O)Cc2ccc(F)cc2)c1Br. The monoisotopic (exact) mass is 308 g/mol. The van der Waals surface area contributed by atoms with Crippen LogP contribution >= 0.6 is 15.9 Å². The molecule has 1 atom stereocenters. The number of aryl methyl sites for hydroxylation is 1. The fraction of sp³-hybridized carbons (Fsp3) is 0.200. The molecule has 18 heavy (non-hydrogen) atoms. The van der Waals surface area contributed by atoms with E-state index in [4.69, 9.17) is 0 Å². The van der Waals surface area contributed by atoms with Crippen molar-refractivity contribution in [3.8, 4) is 0 Å². The van der Waals surface area contributed by atoms with Gasteiger partial charge in [0.1, 0.15) is 5.82 Å². The van der Waals surface area contributed by atoms with Crippen LogP contribution in [0.4, 0.5) is 4.39 Å². The maximum atomic E-state index is 12.8. The van der Waals surface area contributed by atoms with Crippen LogP contribution in [-0.2, 0) is 6.42 Å². The van der Waals surface area contributed by atoms with Crippen molar-refractivity contribution in [1.82, 2.24) is 0 Å². The summed E-state index contributed by atoms with van der Waals surface area (Å²) in [6.45, 7) is 1.98. The number of benzene rings is 2. The second-order valence-electron chi connectivity index (χ2n) is 4.32. The summed E-state index contributed by atoms with van der Waals surface area (Å²) < 4.78 is 13.7. The lowest BCUT2D eigenvalue weighted by atomic mass is 10.00. The van der Waals surface area contributed by atoms with Crippen LogP contribution in [-0.4, -0.2) is 5.11 Å². The molecular formula is C15H14BrFO. The molecular weight excluding hydrogens is 295 g/mol. The lowest BCUT2D eigenvalue weighted by Gasteiger charge is -2.14. The van der Waals surface area contributed by atoms with E-state index in [1.54, 1.807) is 12.1 Å². The lowest BCUT2D eigenvalue weighted by Crippen LogP contribution is -2.03. The summed E-state index contributed by atoms with van der Waals surface area (Å²) in [5.41, 5.74) is 2.86. The normalized spacial score (nSPS) is 12.4. The van der Waals surface area contributed by atoms with Crippen molar-refractivity contribution in [2.75, 3.05) is 0 Å².